The Balaban J connectivity index is 1.35. The van der Waals surface area contributed by atoms with Crippen molar-refractivity contribution in [2.75, 3.05) is 19.8 Å². The van der Waals surface area contributed by atoms with E-state index in [1.807, 2.05) is 46.0 Å². The third-order valence-electron chi connectivity index (χ3n) is 5.17. The van der Waals surface area contributed by atoms with E-state index in [1.165, 1.54) is 12.8 Å². The first kappa shape index (κ1) is 15.6. The highest BCUT2D eigenvalue weighted by Gasteiger charge is 2.31. The first-order valence-electron chi connectivity index (χ1n) is 9.16. The molecule has 1 aliphatic heterocycles. The van der Waals surface area contributed by atoms with Crippen LogP contribution in [-0.4, -0.2) is 40.3 Å². The van der Waals surface area contributed by atoms with Gasteiger partial charge in [0.15, 0.2) is 5.76 Å². The lowest BCUT2D eigenvalue weighted by Gasteiger charge is -2.33. The van der Waals surface area contributed by atoms with Crippen LogP contribution in [0.15, 0.2) is 47.0 Å². The second kappa shape index (κ2) is 6.29. The molecule has 1 aromatic carbocycles. The topological polar surface area (TPSA) is 60.5 Å². The second-order valence-corrected chi connectivity index (χ2v) is 7.24. The number of aromatic nitrogens is 2. The highest BCUT2D eigenvalue weighted by Crippen LogP contribution is 2.30. The van der Waals surface area contributed by atoms with Crippen molar-refractivity contribution in [3.8, 4) is 0 Å². The lowest BCUT2D eigenvalue weighted by Crippen LogP contribution is -2.42. The number of hydrogen-bond acceptors (Lipinski definition) is 4. The number of hydrogen-bond donors (Lipinski definition) is 0. The lowest BCUT2D eigenvalue weighted by molar-refractivity contribution is 0.0448. The van der Waals surface area contributed by atoms with Crippen molar-refractivity contribution in [2.24, 2.45) is 5.92 Å². The molecule has 0 radical (unpaired) electrons. The molecule has 1 unspecified atom stereocenters. The summed E-state index contributed by atoms with van der Waals surface area (Å²) in [7, 11) is 0. The molecule has 0 spiro atoms. The zero-order valence-electron chi connectivity index (χ0n) is 14.5. The van der Waals surface area contributed by atoms with Crippen LogP contribution in [0.25, 0.3) is 11.0 Å². The molecule has 1 aliphatic carbocycles. The van der Waals surface area contributed by atoms with E-state index in [4.69, 9.17) is 9.15 Å². The molecule has 1 atom stereocenters. The molecule has 134 valence electrons. The van der Waals surface area contributed by atoms with Crippen molar-refractivity contribution in [1.82, 2.24) is 14.7 Å². The fourth-order valence-electron chi connectivity index (χ4n) is 3.56. The van der Waals surface area contributed by atoms with Gasteiger partial charge in [0.1, 0.15) is 5.58 Å². The van der Waals surface area contributed by atoms with Crippen molar-refractivity contribution < 1.29 is 13.9 Å². The normalized spacial score (nSPS) is 19.7. The van der Waals surface area contributed by atoms with E-state index in [9.17, 15) is 4.79 Å². The van der Waals surface area contributed by atoms with Gasteiger partial charge in [-0.25, -0.2) is 0 Å². The van der Waals surface area contributed by atoms with Crippen LogP contribution in [0, 0.1) is 5.92 Å². The monoisotopic (exact) mass is 351 g/mol. The summed E-state index contributed by atoms with van der Waals surface area (Å²) in [5, 5.41) is 5.37. The van der Waals surface area contributed by atoms with Crippen LogP contribution in [0.4, 0.5) is 0 Å². The van der Waals surface area contributed by atoms with Crippen LogP contribution in [0.5, 0.6) is 0 Å². The fraction of sp³-hybridized carbons (Fsp3) is 0.400. The molecule has 1 saturated carbocycles. The number of furan rings is 1. The van der Waals surface area contributed by atoms with Gasteiger partial charge in [-0.15, -0.1) is 0 Å². The Labute approximate surface area is 151 Å². The largest absolute Gasteiger partial charge is 0.451 e. The molecule has 2 aromatic heterocycles. The van der Waals surface area contributed by atoms with Gasteiger partial charge in [0, 0.05) is 24.7 Å². The minimum atomic E-state index is -0.0826. The number of rotatable bonds is 5. The summed E-state index contributed by atoms with van der Waals surface area (Å²) in [6.07, 6.45) is 4.33. The predicted molar refractivity (Wildman–Crippen MR) is 95.8 cm³/mol. The van der Waals surface area contributed by atoms with Crippen LogP contribution in [-0.2, 0) is 11.3 Å². The highest BCUT2D eigenvalue weighted by atomic mass is 16.5. The van der Waals surface area contributed by atoms with E-state index in [2.05, 4.69) is 5.10 Å². The molecule has 26 heavy (non-hydrogen) atoms. The van der Waals surface area contributed by atoms with E-state index in [-0.39, 0.29) is 11.9 Å². The number of amides is 1. The maximum Gasteiger partial charge on any atom is 0.290 e. The van der Waals surface area contributed by atoms with E-state index in [1.54, 1.807) is 6.20 Å². The first-order valence-corrected chi connectivity index (χ1v) is 9.16. The Morgan fingerprint density at radius 3 is 2.96 bits per heavy atom. The molecular weight excluding hydrogens is 330 g/mol. The van der Waals surface area contributed by atoms with Gasteiger partial charge in [-0.1, -0.05) is 18.2 Å². The maximum atomic E-state index is 13.0. The summed E-state index contributed by atoms with van der Waals surface area (Å²) in [6.45, 7) is 2.50. The van der Waals surface area contributed by atoms with Crippen molar-refractivity contribution >= 4 is 16.9 Å². The number of ether oxygens (including phenoxy) is 1. The quantitative estimate of drug-likeness (QED) is 0.708. The molecule has 3 aromatic rings. The molecule has 5 rings (SSSR count). The molecule has 1 amide bonds. The average Bonchev–Trinajstić information content (AvgIpc) is 3.19. The molecule has 6 heteroatoms. The first-order chi connectivity index (χ1) is 12.8. The van der Waals surface area contributed by atoms with Crippen LogP contribution < -0.4 is 0 Å². The molecule has 0 N–H and O–H groups in total. The standard InChI is InChI=1S/C20H21N3O3/c24-20(19-9-15-3-1-2-4-18(15)26-19)22-10-16-7-8-21-23(16)17(11-22)13-25-12-14-5-6-14/h1-4,7-9,14,17H,5-6,10-13H2. The van der Waals surface area contributed by atoms with Gasteiger partial charge >= 0.3 is 0 Å². The Bertz CT molecular complexity index is 908. The number of carbonyl (C=O) groups is 1. The van der Waals surface area contributed by atoms with Crippen LogP contribution >= 0.6 is 0 Å². The lowest BCUT2D eigenvalue weighted by atomic mass is 10.2. The Kier molecular flexibility index (Phi) is 3.78. The van der Waals surface area contributed by atoms with Gasteiger partial charge in [-0.2, -0.15) is 5.10 Å². The summed E-state index contributed by atoms with van der Waals surface area (Å²) in [6, 6.07) is 11.5. The SMILES string of the molecule is O=C(c1cc2ccccc2o1)N1Cc2ccnn2C(COCC2CC2)C1. The minimum Gasteiger partial charge on any atom is -0.451 e. The number of para-hydroxylation sites is 1. The van der Waals surface area contributed by atoms with E-state index < -0.39 is 0 Å². The summed E-state index contributed by atoms with van der Waals surface area (Å²) < 4.78 is 13.6. The molecule has 0 bridgehead atoms. The van der Waals surface area contributed by atoms with Crippen LogP contribution in [0.1, 0.15) is 35.1 Å². The van der Waals surface area contributed by atoms with E-state index >= 15 is 0 Å². The number of benzene rings is 1. The van der Waals surface area contributed by atoms with Gasteiger partial charge in [-0.05, 0) is 37.0 Å². The van der Waals surface area contributed by atoms with Gasteiger partial charge in [0.25, 0.3) is 5.91 Å². The second-order valence-electron chi connectivity index (χ2n) is 7.24. The zero-order valence-corrected chi connectivity index (χ0v) is 14.5. The summed E-state index contributed by atoms with van der Waals surface area (Å²) in [5.74, 6) is 1.03. The molecule has 2 aliphatic rings. The van der Waals surface area contributed by atoms with E-state index in [0.717, 1.165) is 29.2 Å². The maximum absolute atomic E-state index is 13.0. The van der Waals surface area contributed by atoms with Crippen molar-refractivity contribution in [2.45, 2.75) is 25.4 Å². The van der Waals surface area contributed by atoms with Crippen molar-refractivity contribution in [1.29, 1.82) is 0 Å². The predicted octanol–water partition coefficient (Wildman–Crippen LogP) is 3.25. The Morgan fingerprint density at radius 1 is 1.23 bits per heavy atom. The van der Waals surface area contributed by atoms with Crippen molar-refractivity contribution in [3.05, 3.63) is 54.0 Å². The van der Waals surface area contributed by atoms with E-state index in [0.29, 0.717) is 25.5 Å². The summed E-state index contributed by atoms with van der Waals surface area (Å²) >= 11 is 0. The molecule has 0 saturated heterocycles. The Hall–Kier alpha value is -2.60. The zero-order chi connectivity index (χ0) is 17.5. The van der Waals surface area contributed by atoms with Crippen LogP contribution in [0.2, 0.25) is 0 Å². The van der Waals surface area contributed by atoms with Gasteiger partial charge in [0.05, 0.1) is 24.9 Å². The number of carbonyl (C=O) groups excluding carboxylic acids is 1. The molecule has 1 fully saturated rings. The molecule has 6 nitrogen and oxygen atoms in total. The minimum absolute atomic E-state index is 0.0424. The van der Waals surface area contributed by atoms with Gasteiger partial charge < -0.3 is 14.1 Å². The molecular formula is C20H21N3O3. The number of fused-ring (bicyclic) bond motifs is 2. The Morgan fingerprint density at radius 2 is 2.12 bits per heavy atom. The fourth-order valence-corrected chi connectivity index (χ4v) is 3.56. The molecule has 3 heterocycles. The third-order valence-corrected chi connectivity index (χ3v) is 5.17. The summed E-state index contributed by atoms with van der Waals surface area (Å²) in [5.41, 5.74) is 1.77. The summed E-state index contributed by atoms with van der Waals surface area (Å²) in [4.78, 5) is 14.8. The van der Waals surface area contributed by atoms with Gasteiger partial charge in [0.2, 0.25) is 0 Å². The van der Waals surface area contributed by atoms with Crippen LogP contribution in [0.3, 0.4) is 0 Å². The number of nitrogens with zero attached hydrogens (tertiary/aromatic N) is 3. The highest BCUT2D eigenvalue weighted by molar-refractivity contribution is 5.96. The smallest absolute Gasteiger partial charge is 0.290 e. The van der Waals surface area contributed by atoms with Crippen molar-refractivity contribution in [3.63, 3.8) is 0 Å². The average molecular weight is 351 g/mol. The van der Waals surface area contributed by atoms with Gasteiger partial charge in [-0.3, -0.25) is 9.48 Å². The third kappa shape index (κ3) is 2.90.